The first-order valence-corrected chi connectivity index (χ1v) is 42.6. The Balaban J connectivity index is 4.10. The molecular weight excluding hydrogens is 1300 g/mol. The molecule has 10 heteroatoms. The first-order chi connectivity index (χ1) is 51.0. The molecule has 9 nitrogen and oxygen atoms in total. The predicted octanol–water partition coefficient (Wildman–Crippen LogP) is 28.1. The Labute approximate surface area is 639 Å². The summed E-state index contributed by atoms with van der Waals surface area (Å²) in [5.74, 6) is -0.835. The number of allylic oxidation sites excluding steroid dienone is 38. The van der Waals surface area contributed by atoms with Gasteiger partial charge in [-0.2, -0.15) is 0 Å². The fraction of sp³-hybridized carbons (Fsp3) is 0.574. The average molecular weight is 1450 g/mol. The van der Waals surface area contributed by atoms with Crippen molar-refractivity contribution >= 4 is 19.8 Å². The van der Waals surface area contributed by atoms with Gasteiger partial charge in [-0.05, 0) is 161 Å². The quantitative estimate of drug-likeness (QED) is 0.0211. The zero-order valence-electron chi connectivity index (χ0n) is 66.7. The third-order valence-corrected chi connectivity index (χ3v) is 17.7. The fourth-order valence-corrected chi connectivity index (χ4v) is 11.2. The molecule has 0 aliphatic heterocycles. The van der Waals surface area contributed by atoms with Gasteiger partial charge in [0, 0.05) is 12.8 Å². The Hall–Kier alpha value is -5.93. The molecule has 0 aromatic rings. The number of phosphoric acid groups is 1. The second kappa shape index (κ2) is 81.2. The number of hydrogen-bond donors (Lipinski definition) is 1. The standard InChI is InChI=1S/C94H150NO8P/c1-6-8-10-12-14-16-18-20-22-24-26-28-30-32-34-36-38-40-42-44-46-47-49-51-53-55-57-59-61-63-65-67-69-71-73-75-77-79-81-83-85-87-94(97)103-92(91-102-104(98,99)101-89-88-95(3,4)5)90-100-93(96)86-84-82-80-78-76-74-72-70-68-66-64-62-60-58-56-54-52-50-48-45-43-41-39-37-35-33-31-29-27-25-23-21-19-17-15-13-11-9-7-2/h8-11,14-17,20-23,26-29,32-35,38-41,44-46,48-49,51,55,57,61,63,67,69,73,75,92H,6-7,12-13,18-19,24-25,30-31,36-37,42-43,47,50,52-54,56,58-60,62,64-66,68,70-72,74,76-91H2,1-5H3/p+1/b10-8-,11-9-,16-14-,17-15-,22-20-,23-21-,28-26-,29-27-,34-32-,35-33-,40-38-,41-39-,46-44-,48-45-,51-49-,57-55-,63-61-,69-67-,75-73-. The summed E-state index contributed by atoms with van der Waals surface area (Å²) in [6.07, 6.45) is 130. The number of ether oxygens (including phenoxy) is 2. The molecular formula is C94H151NO8P+. The molecule has 0 saturated heterocycles. The van der Waals surface area contributed by atoms with Crippen LogP contribution in [0.2, 0.25) is 0 Å². The van der Waals surface area contributed by atoms with Gasteiger partial charge in [-0.15, -0.1) is 0 Å². The zero-order chi connectivity index (χ0) is 75.4. The Morgan fingerprint density at radius 1 is 0.298 bits per heavy atom. The molecule has 1 N–H and O–H groups in total. The van der Waals surface area contributed by atoms with Crippen LogP contribution in [0.15, 0.2) is 231 Å². The topological polar surface area (TPSA) is 108 Å². The molecule has 0 radical (unpaired) electrons. The summed E-state index contributed by atoms with van der Waals surface area (Å²) in [4.78, 5) is 36.0. The summed E-state index contributed by atoms with van der Waals surface area (Å²) in [5, 5.41) is 0. The maximum absolute atomic E-state index is 12.9. The summed E-state index contributed by atoms with van der Waals surface area (Å²) < 4.78 is 34.8. The molecule has 0 aliphatic rings. The molecule has 0 amide bonds. The number of unbranched alkanes of at least 4 members (excludes halogenated alkanes) is 21. The van der Waals surface area contributed by atoms with Crippen LogP contribution < -0.4 is 0 Å². The Morgan fingerprint density at radius 2 is 0.519 bits per heavy atom. The largest absolute Gasteiger partial charge is 0.472 e. The molecule has 0 fully saturated rings. The van der Waals surface area contributed by atoms with Crippen molar-refractivity contribution in [3.63, 3.8) is 0 Å². The summed E-state index contributed by atoms with van der Waals surface area (Å²) in [5.41, 5.74) is 0. The van der Waals surface area contributed by atoms with E-state index in [2.05, 4.69) is 245 Å². The van der Waals surface area contributed by atoms with Gasteiger partial charge in [0.15, 0.2) is 6.10 Å². The van der Waals surface area contributed by atoms with E-state index in [1.807, 2.05) is 21.1 Å². The van der Waals surface area contributed by atoms with Crippen molar-refractivity contribution in [1.29, 1.82) is 0 Å². The molecule has 2 unspecified atom stereocenters. The van der Waals surface area contributed by atoms with Gasteiger partial charge in [0.25, 0.3) is 0 Å². The van der Waals surface area contributed by atoms with Gasteiger partial charge < -0.3 is 18.9 Å². The van der Waals surface area contributed by atoms with E-state index in [1.54, 1.807) is 0 Å². The normalized spacial score (nSPS) is 14.2. The van der Waals surface area contributed by atoms with Crippen LogP contribution >= 0.6 is 7.82 Å². The van der Waals surface area contributed by atoms with Gasteiger partial charge in [-0.1, -0.05) is 354 Å². The molecule has 0 bridgehead atoms. The van der Waals surface area contributed by atoms with Crippen molar-refractivity contribution in [2.75, 3.05) is 47.5 Å². The second-order valence-electron chi connectivity index (χ2n) is 27.7. The number of carbonyl (C=O) groups is 2. The minimum absolute atomic E-state index is 0.0158. The summed E-state index contributed by atoms with van der Waals surface area (Å²) in [6, 6.07) is 0. The predicted molar refractivity (Wildman–Crippen MR) is 454 cm³/mol. The lowest BCUT2D eigenvalue weighted by atomic mass is 10.0. The number of quaternary nitrogens is 1. The van der Waals surface area contributed by atoms with Crippen LogP contribution in [0.3, 0.4) is 0 Å². The number of esters is 2. The highest BCUT2D eigenvalue weighted by Gasteiger charge is 2.27. The Bertz CT molecular complexity index is 2620. The molecule has 0 aromatic carbocycles. The van der Waals surface area contributed by atoms with Crippen molar-refractivity contribution in [3.8, 4) is 0 Å². The maximum atomic E-state index is 12.9. The molecule has 584 valence electrons. The van der Waals surface area contributed by atoms with Crippen molar-refractivity contribution < 1.29 is 42.1 Å². The minimum atomic E-state index is -4.42. The van der Waals surface area contributed by atoms with Crippen LogP contribution in [0.25, 0.3) is 0 Å². The number of phosphoric ester groups is 1. The first-order valence-electron chi connectivity index (χ1n) is 41.1. The van der Waals surface area contributed by atoms with Crippen molar-refractivity contribution in [2.45, 2.75) is 302 Å². The smallest absolute Gasteiger partial charge is 0.462 e. The third kappa shape index (κ3) is 85.0. The van der Waals surface area contributed by atoms with E-state index in [9.17, 15) is 19.0 Å². The molecule has 0 aliphatic carbocycles. The van der Waals surface area contributed by atoms with Crippen LogP contribution in [-0.4, -0.2) is 74.9 Å². The maximum Gasteiger partial charge on any atom is 0.472 e. The average Bonchev–Trinajstić information content (AvgIpc) is 0.920. The van der Waals surface area contributed by atoms with Gasteiger partial charge in [-0.25, -0.2) is 4.57 Å². The summed E-state index contributed by atoms with van der Waals surface area (Å²) in [6.45, 7) is 4.16. The van der Waals surface area contributed by atoms with E-state index in [0.29, 0.717) is 17.4 Å². The molecule has 0 rings (SSSR count). The van der Waals surface area contributed by atoms with Crippen LogP contribution in [0.1, 0.15) is 296 Å². The third-order valence-electron chi connectivity index (χ3n) is 16.7. The minimum Gasteiger partial charge on any atom is -0.462 e. The van der Waals surface area contributed by atoms with Gasteiger partial charge >= 0.3 is 19.8 Å². The highest BCUT2D eigenvalue weighted by Crippen LogP contribution is 2.43. The van der Waals surface area contributed by atoms with Crippen LogP contribution in [0.5, 0.6) is 0 Å². The summed E-state index contributed by atoms with van der Waals surface area (Å²) in [7, 11) is 1.44. The molecule has 0 spiro atoms. The Morgan fingerprint density at radius 3 is 0.769 bits per heavy atom. The summed E-state index contributed by atoms with van der Waals surface area (Å²) >= 11 is 0. The molecule has 0 aromatic heterocycles. The SMILES string of the molecule is CC/C=C\C/C=C\C/C=C\C/C=C\C/C=C\C/C=C\C/C=C\C/C=C\C/C=C\C/C=C\C/C=C\C/C=C\CCCCCCC(=O)OC(COC(=O)CCCCCCCCCCCCCCCCCCC/C=C\C/C=C\C/C=C\C/C=C\C/C=C\C/C=C\C/C=C\CC)COP(=O)(O)OCC[N+](C)(C)C. The van der Waals surface area contributed by atoms with Gasteiger partial charge in [0.05, 0.1) is 27.7 Å². The molecule has 0 heterocycles. The van der Waals surface area contributed by atoms with E-state index in [4.69, 9.17) is 18.5 Å². The van der Waals surface area contributed by atoms with Crippen molar-refractivity contribution in [1.82, 2.24) is 0 Å². The highest BCUT2D eigenvalue weighted by molar-refractivity contribution is 7.47. The number of hydrogen-bond acceptors (Lipinski definition) is 7. The molecule has 104 heavy (non-hydrogen) atoms. The van der Waals surface area contributed by atoms with Crippen LogP contribution in [-0.2, 0) is 32.7 Å². The number of carbonyl (C=O) groups excluding carboxylic acids is 2. The van der Waals surface area contributed by atoms with E-state index >= 15 is 0 Å². The van der Waals surface area contributed by atoms with E-state index in [-0.39, 0.29) is 32.0 Å². The van der Waals surface area contributed by atoms with Crippen LogP contribution in [0.4, 0.5) is 0 Å². The monoisotopic (exact) mass is 1450 g/mol. The molecule has 2 atom stereocenters. The highest BCUT2D eigenvalue weighted by atomic mass is 31.2. The lowest BCUT2D eigenvalue weighted by Gasteiger charge is -2.24. The Kier molecular flexibility index (Phi) is 76.5. The van der Waals surface area contributed by atoms with Gasteiger partial charge in [0.1, 0.15) is 19.8 Å². The van der Waals surface area contributed by atoms with E-state index in [1.165, 1.54) is 96.3 Å². The zero-order valence-corrected chi connectivity index (χ0v) is 67.6. The van der Waals surface area contributed by atoms with Crippen LogP contribution in [0, 0.1) is 0 Å². The fourth-order valence-electron chi connectivity index (χ4n) is 10.5. The first kappa shape index (κ1) is 98.1. The number of likely N-dealkylation sites (N-methyl/N-ethyl adjacent to an activating group) is 1. The van der Waals surface area contributed by atoms with Crippen molar-refractivity contribution in [3.05, 3.63) is 231 Å². The second-order valence-corrected chi connectivity index (χ2v) is 29.1. The van der Waals surface area contributed by atoms with Gasteiger partial charge in [0.2, 0.25) is 0 Å². The lowest BCUT2D eigenvalue weighted by Crippen LogP contribution is -2.37. The number of nitrogens with zero attached hydrogens (tertiary/aromatic N) is 1. The van der Waals surface area contributed by atoms with Crippen molar-refractivity contribution in [2.24, 2.45) is 0 Å². The lowest BCUT2D eigenvalue weighted by molar-refractivity contribution is -0.870. The van der Waals surface area contributed by atoms with E-state index < -0.39 is 26.5 Å². The number of rotatable bonds is 73. The van der Waals surface area contributed by atoms with Gasteiger partial charge in [-0.3, -0.25) is 18.6 Å². The molecule has 0 saturated carbocycles. The van der Waals surface area contributed by atoms with E-state index in [0.717, 1.165) is 167 Å².